The number of carbonyl (C=O) groups excluding carboxylic acids is 1. The Kier molecular flexibility index (Phi) is 6.87. The molecule has 3 rings (SSSR count). The van der Waals surface area contributed by atoms with E-state index in [9.17, 15) is 4.79 Å². The van der Waals surface area contributed by atoms with Crippen molar-refractivity contribution in [3.8, 4) is 0 Å². The Morgan fingerprint density at radius 1 is 1.36 bits per heavy atom. The van der Waals surface area contributed by atoms with Gasteiger partial charge in [0, 0.05) is 30.9 Å². The van der Waals surface area contributed by atoms with E-state index in [1.807, 2.05) is 6.07 Å². The number of nitrogens with zero attached hydrogens (tertiary/aromatic N) is 2. The molecule has 1 aromatic rings. The quantitative estimate of drug-likeness (QED) is 0.742. The third-order valence-corrected chi connectivity index (χ3v) is 5.62. The fraction of sp³-hybridized carbons (Fsp3) is 0.789. The van der Waals surface area contributed by atoms with Gasteiger partial charge in [-0.15, -0.1) is 0 Å². The molecule has 0 spiro atoms. The van der Waals surface area contributed by atoms with Gasteiger partial charge in [-0.05, 0) is 44.2 Å². The summed E-state index contributed by atoms with van der Waals surface area (Å²) in [5.41, 5.74) is 1.18. The highest BCUT2D eigenvalue weighted by molar-refractivity contribution is 5.78. The van der Waals surface area contributed by atoms with E-state index in [-0.39, 0.29) is 5.91 Å². The SMILES string of the molecule is CC1CCCCC1OCCNC(=O)CN1CCCC(c2ccn[nH]2)C1. The van der Waals surface area contributed by atoms with Gasteiger partial charge in [0.15, 0.2) is 0 Å². The van der Waals surface area contributed by atoms with Crippen LogP contribution in [-0.2, 0) is 9.53 Å². The first-order chi connectivity index (χ1) is 12.2. The topological polar surface area (TPSA) is 70.2 Å². The first-order valence-corrected chi connectivity index (χ1v) is 9.82. The van der Waals surface area contributed by atoms with Crippen molar-refractivity contribution in [1.29, 1.82) is 0 Å². The van der Waals surface area contributed by atoms with Crippen molar-refractivity contribution in [2.24, 2.45) is 5.92 Å². The Labute approximate surface area is 150 Å². The van der Waals surface area contributed by atoms with Crippen molar-refractivity contribution in [2.45, 2.75) is 57.5 Å². The normalized spacial score (nSPS) is 28.0. The van der Waals surface area contributed by atoms with Gasteiger partial charge in [0.05, 0.1) is 19.3 Å². The Morgan fingerprint density at radius 3 is 3.04 bits per heavy atom. The lowest BCUT2D eigenvalue weighted by Crippen LogP contribution is -2.43. The zero-order chi connectivity index (χ0) is 17.5. The molecule has 3 atom stereocenters. The van der Waals surface area contributed by atoms with Gasteiger partial charge in [-0.3, -0.25) is 14.8 Å². The molecule has 0 bridgehead atoms. The number of hydrogen-bond acceptors (Lipinski definition) is 4. The lowest BCUT2D eigenvalue weighted by molar-refractivity contribution is -0.123. The van der Waals surface area contributed by atoms with Gasteiger partial charge in [0.1, 0.15) is 0 Å². The maximum absolute atomic E-state index is 12.2. The summed E-state index contributed by atoms with van der Waals surface area (Å²) in [6.45, 7) is 5.90. The molecule has 1 amide bonds. The molecule has 2 heterocycles. The largest absolute Gasteiger partial charge is 0.376 e. The highest BCUT2D eigenvalue weighted by Crippen LogP contribution is 2.26. The maximum atomic E-state index is 12.2. The number of aromatic nitrogens is 2. The molecule has 1 saturated heterocycles. The average Bonchev–Trinajstić information content (AvgIpc) is 3.15. The van der Waals surface area contributed by atoms with Gasteiger partial charge in [-0.25, -0.2) is 0 Å². The van der Waals surface area contributed by atoms with Crippen LogP contribution in [0.25, 0.3) is 0 Å². The number of likely N-dealkylation sites (tertiary alicyclic amines) is 1. The number of nitrogens with one attached hydrogen (secondary N) is 2. The van der Waals surface area contributed by atoms with Crippen molar-refractivity contribution in [3.05, 3.63) is 18.0 Å². The van der Waals surface area contributed by atoms with Gasteiger partial charge in [0.2, 0.25) is 5.91 Å². The first kappa shape index (κ1) is 18.4. The van der Waals surface area contributed by atoms with Crippen LogP contribution in [0.2, 0.25) is 0 Å². The third kappa shape index (κ3) is 5.54. The van der Waals surface area contributed by atoms with Crippen LogP contribution in [0.3, 0.4) is 0 Å². The van der Waals surface area contributed by atoms with Crippen LogP contribution < -0.4 is 5.32 Å². The lowest BCUT2D eigenvalue weighted by Gasteiger charge is -2.31. The van der Waals surface area contributed by atoms with Gasteiger partial charge in [0.25, 0.3) is 0 Å². The van der Waals surface area contributed by atoms with E-state index in [0.29, 0.717) is 37.6 Å². The summed E-state index contributed by atoms with van der Waals surface area (Å²) in [5.74, 6) is 1.21. The molecule has 0 radical (unpaired) electrons. The number of H-pyrrole nitrogens is 1. The first-order valence-electron chi connectivity index (χ1n) is 9.82. The molecule has 3 unspecified atom stereocenters. The molecule has 0 aromatic carbocycles. The van der Waals surface area contributed by atoms with Gasteiger partial charge in [-0.1, -0.05) is 19.8 Å². The number of carbonyl (C=O) groups is 1. The van der Waals surface area contributed by atoms with Crippen LogP contribution in [0.1, 0.15) is 57.1 Å². The van der Waals surface area contributed by atoms with E-state index >= 15 is 0 Å². The van der Waals surface area contributed by atoms with E-state index in [1.165, 1.54) is 25.0 Å². The Hall–Kier alpha value is -1.40. The van der Waals surface area contributed by atoms with Crippen molar-refractivity contribution in [2.75, 3.05) is 32.8 Å². The molecule has 6 heteroatoms. The van der Waals surface area contributed by atoms with E-state index < -0.39 is 0 Å². The summed E-state index contributed by atoms with van der Waals surface area (Å²) in [6, 6.07) is 2.04. The molecule has 25 heavy (non-hydrogen) atoms. The standard InChI is InChI=1S/C19H32N4O2/c1-15-5-2-3-7-18(15)25-12-10-20-19(24)14-23-11-4-6-16(13-23)17-8-9-21-22-17/h8-9,15-16,18H,2-7,10-14H2,1H3,(H,20,24)(H,21,22). The monoisotopic (exact) mass is 348 g/mol. The molecule has 140 valence electrons. The molecular formula is C19H32N4O2. The number of aromatic amines is 1. The minimum atomic E-state index is 0.102. The number of amides is 1. The third-order valence-electron chi connectivity index (χ3n) is 5.62. The minimum absolute atomic E-state index is 0.102. The van der Waals surface area contributed by atoms with Crippen LogP contribution in [0.4, 0.5) is 0 Å². The average molecular weight is 348 g/mol. The summed E-state index contributed by atoms with van der Waals surface area (Å²) in [5, 5.41) is 10.1. The zero-order valence-electron chi connectivity index (χ0n) is 15.4. The molecule has 1 aromatic heterocycles. The summed E-state index contributed by atoms with van der Waals surface area (Å²) in [4.78, 5) is 14.4. The molecule has 1 aliphatic heterocycles. The predicted octanol–water partition coefficient (Wildman–Crippen LogP) is 2.30. The molecule has 2 N–H and O–H groups in total. The summed E-state index contributed by atoms with van der Waals surface area (Å²) < 4.78 is 5.96. The number of hydrogen-bond donors (Lipinski definition) is 2. The molecule has 1 saturated carbocycles. The number of ether oxygens (including phenoxy) is 1. The Morgan fingerprint density at radius 2 is 2.24 bits per heavy atom. The summed E-state index contributed by atoms with van der Waals surface area (Å²) >= 11 is 0. The van der Waals surface area contributed by atoms with Crippen molar-refractivity contribution >= 4 is 5.91 Å². The van der Waals surface area contributed by atoms with Gasteiger partial charge < -0.3 is 10.1 Å². The minimum Gasteiger partial charge on any atom is -0.376 e. The predicted molar refractivity (Wildman–Crippen MR) is 97.4 cm³/mol. The van der Waals surface area contributed by atoms with E-state index in [2.05, 4.69) is 27.3 Å². The lowest BCUT2D eigenvalue weighted by atomic mass is 9.88. The van der Waals surface area contributed by atoms with E-state index in [1.54, 1.807) is 6.20 Å². The van der Waals surface area contributed by atoms with Crippen molar-refractivity contribution in [3.63, 3.8) is 0 Å². The molecule has 2 fully saturated rings. The van der Waals surface area contributed by atoms with Crippen LogP contribution in [0.15, 0.2) is 12.3 Å². The van der Waals surface area contributed by atoms with Gasteiger partial charge in [-0.2, -0.15) is 5.10 Å². The molecule has 6 nitrogen and oxygen atoms in total. The summed E-state index contributed by atoms with van der Waals surface area (Å²) in [7, 11) is 0. The van der Waals surface area contributed by atoms with Crippen LogP contribution >= 0.6 is 0 Å². The number of rotatable bonds is 7. The molecular weight excluding hydrogens is 316 g/mol. The smallest absolute Gasteiger partial charge is 0.234 e. The van der Waals surface area contributed by atoms with E-state index in [0.717, 1.165) is 32.4 Å². The van der Waals surface area contributed by atoms with Gasteiger partial charge >= 0.3 is 0 Å². The highest BCUT2D eigenvalue weighted by Gasteiger charge is 2.24. The van der Waals surface area contributed by atoms with Crippen LogP contribution in [0, 0.1) is 5.92 Å². The Balaban J connectivity index is 1.32. The summed E-state index contributed by atoms with van der Waals surface area (Å²) in [6.07, 6.45) is 9.49. The highest BCUT2D eigenvalue weighted by atomic mass is 16.5. The van der Waals surface area contributed by atoms with Crippen LogP contribution in [-0.4, -0.2) is 59.9 Å². The molecule has 2 aliphatic rings. The fourth-order valence-corrected chi connectivity index (χ4v) is 4.14. The maximum Gasteiger partial charge on any atom is 0.234 e. The second-order valence-corrected chi connectivity index (χ2v) is 7.61. The number of piperidine rings is 1. The van der Waals surface area contributed by atoms with Crippen molar-refractivity contribution in [1.82, 2.24) is 20.4 Å². The van der Waals surface area contributed by atoms with Crippen molar-refractivity contribution < 1.29 is 9.53 Å². The fourth-order valence-electron chi connectivity index (χ4n) is 4.14. The van der Waals surface area contributed by atoms with E-state index in [4.69, 9.17) is 4.74 Å². The molecule has 1 aliphatic carbocycles. The zero-order valence-corrected chi connectivity index (χ0v) is 15.4. The second-order valence-electron chi connectivity index (χ2n) is 7.61. The second kappa shape index (κ2) is 9.34. The Bertz CT molecular complexity index is 520. The van der Waals surface area contributed by atoms with Crippen LogP contribution in [0.5, 0.6) is 0 Å².